The minimum atomic E-state index is -0.472. The zero-order valence-corrected chi connectivity index (χ0v) is 19.2. The Kier molecular flexibility index (Phi) is 8.28. The van der Waals surface area contributed by atoms with E-state index in [0.29, 0.717) is 24.3 Å². The van der Waals surface area contributed by atoms with Crippen molar-refractivity contribution in [1.29, 1.82) is 0 Å². The van der Waals surface area contributed by atoms with Gasteiger partial charge in [-0.05, 0) is 30.5 Å². The Balaban J connectivity index is 1.63. The van der Waals surface area contributed by atoms with E-state index >= 15 is 0 Å². The van der Waals surface area contributed by atoms with E-state index in [-0.39, 0.29) is 11.9 Å². The van der Waals surface area contributed by atoms with E-state index in [9.17, 15) is 9.59 Å². The summed E-state index contributed by atoms with van der Waals surface area (Å²) in [5.41, 5.74) is 2.60. The Hall–Kier alpha value is -2.61. The minimum absolute atomic E-state index is 0.0677. The number of hydrogen-bond acceptors (Lipinski definition) is 6. The van der Waals surface area contributed by atoms with Crippen LogP contribution in [0.5, 0.6) is 5.75 Å². The molecule has 1 aliphatic heterocycles. The molecule has 2 heterocycles. The smallest absolute Gasteiger partial charge is 0.413 e. The number of nitrogens with zero attached hydrogens (tertiary/aromatic N) is 1. The third kappa shape index (κ3) is 6.43. The lowest BCUT2D eigenvalue weighted by molar-refractivity contribution is -0.119. The first kappa shape index (κ1) is 23.1. The zero-order valence-electron chi connectivity index (χ0n) is 18.4. The molecular weight excluding hydrogens is 414 g/mol. The Morgan fingerprint density at radius 3 is 2.94 bits per heavy atom. The fourth-order valence-corrected chi connectivity index (χ4v) is 4.33. The van der Waals surface area contributed by atoms with Crippen molar-refractivity contribution in [2.24, 2.45) is 5.92 Å². The van der Waals surface area contributed by atoms with Gasteiger partial charge in [-0.3, -0.25) is 10.1 Å². The monoisotopic (exact) mass is 445 g/mol. The highest BCUT2D eigenvalue weighted by Crippen LogP contribution is 2.36. The molecule has 0 spiro atoms. The molecule has 7 nitrogen and oxygen atoms in total. The van der Waals surface area contributed by atoms with Gasteiger partial charge in [0, 0.05) is 29.9 Å². The molecule has 0 saturated carbocycles. The van der Waals surface area contributed by atoms with E-state index in [2.05, 4.69) is 29.5 Å². The largest absolute Gasteiger partial charge is 0.493 e. The molecule has 2 unspecified atom stereocenters. The van der Waals surface area contributed by atoms with Crippen molar-refractivity contribution in [3.05, 3.63) is 29.1 Å². The maximum atomic E-state index is 12.2. The van der Waals surface area contributed by atoms with Crippen molar-refractivity contribution < 1.29 is 19.1 Å². The van der Waals surface area contributed by atoms with Crippen molar-refractivity contribution in [3.63, 3.8) is 0 Å². The number of carbonyl (C=O) groups excluding carboxylic acids is 2. The molecule has 31 heavy (non-hydrogen) atoms. The molecular formula is C23H31N3O4S. The number of amides is 2. The molecule has 0 saturated heterocycles. The van der Waals surface area contributed by atoms with Gasteiger partial charge in [0.15, 0.2) is 5.13 Å². The van der Waals surface area contributed by atoms with Crippen LogP contribution in [-0.2, 0) is 9.53 Å². The number of rotatable bonds is 9. The number of benzene rings is 1. The number of fused-ring (bicyclic) bond motifs is 1. The summed E-state index contributed by atoms with van der Waals surface area (Å²) in [6.07, 6.45) is 4.61. The van der Waals surface area contributed by atoms with Gasteiger partial charge in [-0.15, -0.1) is 11.3 Å². The third-order valence-corrected chi connectivity index (χ3v) is 6.19. The van der Waals surface area contributed by atoms with Crippen molar-refractivity contribution in [3.8, 4) is 17.0 Å². The maximum Gasteiger partial charge on any atom is 0.413 e. The number of carbonyl (C=O) groups is 2. The summed E-state index contributed by atoms with van der Waals surface area (Å²) < 4.78 is 11.1. The van der Waals surface area contributed by atoms with Gasteiger partial charge in [-0.1, -0.05) is 33.1 Å². The molecule has 1 aromatic heterocycles. The molecule has 1 aliphatic rings. The molecule has 2 amide bonds. The van der Waals surface area contributed by atoms with E-state index in [1.54, 1.807) is 0 Å². The number of ether oxygens (including phenoxy) is 2. The Morgan fingerprint density at radius 2 is 2.19 bits per heavy atom. The number of hydrogen-bond donors (Lipinski definition) is 2. The van der Waals surface area contributed by atoms with Crippen LogP contribution >= 0.6 is 11.3 Å². The highest BCUT2D eigenvalue weighted by molar-refractivity contribution is 7.14. The van der Waals surface area contributed by atoms with Crippen LogP contribution in [0.3, 0.4) is 0 Å². The van der Waals surface area contributed by atoms with E-state index in [4.69, 9.17) is 9.47 Å². The standard InChI is InChI=1S/C23H31N3O4S/c1-4-6-7-16(5-2)13-30-23(28)26-22-25-20(14-31-22)17-8-9-21-18(12-17)19(10-11-29-21)24-15(3)27/h8-9,12,14,16,19H,4-7,10-11,13H2,1-3H3,(H,24,27)(H,25,26,28). The molecule has 8 heteroatoms. The summed E-state index contributed by atoms with van der Waals surface area (Å²) in [5, 5.41) is 8.10. The third-order valence-electron chi connectivity index (χ3n) is 5.43. The summed E-state index contributed by atoms with van der Waals surface area (Å²) in [6.45, 7) is 6.80. The average Bonchev–Trinajstić information content (AvgIpc) is 3.22. The van der Waals surface area contributed by atoms with Gasteiger partial charge >= 0.3 is 6.09 Å². The summed E-state index contributed by atoms with van der Waals surface area (Å²) in [4.78, 5) is 28.2. The second-order valence-electron chi connectivity index (χ2n) is 7.82. The van der Waals surface area contributed by atoms with Crippen molar-refractivity contribution in [2.75, 3.05) is 18.5 Å². The first-order valence-electron chi connectivity index (χ1n) is 10.9. The lowest BCUT2D eigenvalue weighted by Gasteiger charge is -2.26. The second-order valence-corrected chi connectivity index (χ2v) is 8.68. The average molecular weight is 446 g/mol. The maximum absolute atomic E-state index is 12.2. The molecule has 0 fully saturated rings. The molecule has 168 valence electrons. The molecule has 2 aromatic rings. The van der Waals surface area contributed by atoms with Crippen LogP contribution in [0.15, 0.2) is 23.6 Å². The van der Waals surface area contributed by atoms with Crippen LogP contribution in [0.1, 0.15) is 64.5 Å². The molecule has 2 N–H and O–H groups in total. The Morgan fingerprint density at radius 1 is 1.35 bits per heavy atom. The van der Waals surface area contributed by atoms with Gasteiger partial charge in [-0.2, -0.15) is 0 Å². The van der Waals surface area contributed by atoms with Crippen molar-refractivity contribution in [2.45, 2.75) is 58.9 Å². The van der Waals surface area contributed by atoms with E-state index in [0.717, 1.165) is 54.7 Å². The van der Waals surface area contributed by atoms with Gasteiger partial charge < -0.3 is 14.8 Å². The first-order chi connectivity index (χ1) is 15.0. The topological polar surface area (TPSA) is 89.5 Å². The van der Waals surface area contributed by atoms with E-state index in [1.165, 1.54) is 18.3 Å². The van der Waals surface area contributed by atoms with Crippen LogP contribution < -0.4 is 15.4 Å². The summed E-state index contributed by atoms with van der Waals surface area (Å²) in [7, 11) is 0. The fourth-order valence-electron chi connectivity index (χ4n) is 3.63. The van der Waals surface area contributed by atoms with Gasteiger partial charge in [0.2, 0.25) is 5.91 Å². The number of anilines is 1. The zero-order chi connectivity index (χ0) is 22.2. The predicted molar refractivity (Wildman–Crippen MR) is 122 cm³/mol. The lowest BCUT2D eigenvalue weighted by atomic mass is 9.97. The normalized spacial score (nSPS) is 16.0. The predicted octanol–water partition coefficient (Wildman–Crippen LogP) is 5.53. The van der Waals surface area contributed by atoms with Crippen LogP contribution in [0.4, 0.5) is 9.93 Å². The lowest BCUT2D eigenvalue weighted by Crippen LogP contribution is -2.30. The highest BCUT2D eigenvalue weighted by Gasteiger charge is 2.23. The molecule has 0 aliphatic carbocycles. The van der Waals surface area contributed by atoms with Crippen LogP contribution in [-0.4, -0.2) is 30.2 Å². The van der Waals surface area contributed by atoms with Gasteiger partial charge in [0.05, 0.1) is 24.9 Å². The Labute approximate surface area is 187 Å². The molecule has 0 bridgehead atoms. The molecule has 1 aromatic carbocycles. The summed E-state index contributed by atoms with van der Waals surface area (Å²) in [6, 6.07) is 5.75. The number of unbranched alkanes of at least 4 members (excludes halogenated alkanes) is 1. The van der Waals surface area contributed by atoms with Crippen LogP contribution in [0, 0.1) is 5.92 Å². The Bertz CT molecular complexity index is 899. The van der Waals surface area contributed by atoms with Gasteiger partial charge in [0.25, 0.3) is 0 Å². The van der Waals surface area contributed by atoms with Crippen molar-refractivity contribution in [1.82, 2.24) is 10.3 Å². The van der Waals surface area contributed by atoms with Gasteiger partial charge in [-0.25, -0.2) is 9.78 Å². The van der Waals surface area contributed by atoms with Crippen LogP contribution in [0.25, 0.3) is 11.3 Å². The summed E-state index contributed by atoms with van der Waals surface area (Å²) >= 11 is 1.35. The molecule has 2 atom stereocenters. The number of aromatic nitrogens is 1. The number of nitrogens with one attached hydrogen (secondary N) is 2. The van der Waals surface area contributed by atoms with Crippen molar-refractivity contribution >= 4 is 28.5 Å². The quantitative estimate of drug-likeness (QED) is 0.529. The second kappa shape index (κ2) is 11.1. The van der Waals surface area contributed by atoms with E-state index in [1.807, 2.05) is 23.6 Å². The molecule has 3 rings (SSSR count). The number of thiazole rings is 1. The van der Waals surface area contributed by atoms with Gasteiger partial charge in [0.1, 0.15) is 5.75 Å². The highest BCUT2D eigenvalue weighted by atomic mass is 32.1. The summed E-state index contributed by atoms with van der Waals surface area (Å²) in [5.74, 6) is 1.10. The minimum Gasteiger partial charge on any atom is -0.493 e. The first-order valence-corrected chi connectivity index (χ1v) is 11.8. The molecule has 0 radical (unpaired) electrons. The van der Waals surface area contributed by atoms with E-state index < -0.39 is 6.09 Å². The fraction of sp³-hybridized carbons (Fsp3) is 0.522. The van der Waals surface area contributed by atoms with Crippen LogP contribution in [0.2, 0.25) is 0 Å². The SMILES string of the molecule is CCCCC(CC)COC(=O)Nc1nc(-c2ccc3c(c2)C(NC(C)=O)CCO3)cs1.